The number of aliphatic carboxylic acids is 1. The summed E-state index contributed by atoms with van der Waals surface area (Å²) in [6, 6.07) is 1.89. The fraction of sp³-hybridized carbons (Fsp3) is 0.273. The van der Waals surface area contributed by atoms with E-state index in [1.54, 1.807) is 17.8 Å². The van der Waals surface area contributed by atoms with E-state index in [0.717, 1.165) is 11.3 Å². The van der Waals surface area contributed by atoms with E-state index in [9.17, 15) is 4.79 Å². The molecule has 80 valence electrons. The van der Waals surface area contributed by atoms with Crippen molar-refractivity contribution in [2.24, 2.45) is 7.05 Å². The van der Waals surface area contributed by atoms with Crippen LogP contribution < -0.4 is 0 Å². The Kier molecular flexibility index (Phi) is 3.44. The first-order valence-corrected chi connectivity index (χ1v) is 4.58. The van der Waals surface area contributed by atoms with Gasteiger partial charge in [0.1, 0.15) is 0 Å². The summed E-state index contributed by atoms with van der Waals surface area (Å²) < 4.78 is 1.75. The van der Waals surface area contributed by atoms with E-state index in [1.165, 1.54) is 6.08 Å². The minimum atomic E-state index is -0.929. The maximum atomic E-state index is 10.4. The lowest BCUT2D eigenvalue weighted by atomic mass is 10.1. The molecular formula is C11H14N2O2. The van der Waals surface area contributed by atoms with Crippen LogP contribution >= 0.6 is 0 Å². The van der Waals surface area contributed by atoms with Gasteiger partial charge in [-0.05, 0) is 31.1 Å². The molecule has 0 fully saturated rings. The van der Waals surface area contributed by atoms with Gasteiger partial charge in [-0.3, -0.25) is 4.68 Å². The van der Waals surface area contributed by atoms with Gasteiger partial charge in [0, 0.05) is 19.3 Å². The number of rotatable bonds is 3. The molecule has 0 aliphatic rings. The molecule has 15 heavy (non-hydrogen) atoms. The fourth-order valence-electron chi connectivity index (χ4n) is 1.41. The van der Waals surface area contributed by atoms with Gasteiger partial charge in [0.2, 0.25) is 0 Å². The quantitative estimate of drug-likeness (QED) is 0.606. The Hall–Kier alpha value is -1.84. The van der Waals surface area contributed by atoms with E-state index in [4.69, 9.17) is 5.11 Å². The molecule has 0 aliphatic heterocycles. The number of hydrogen-bond donors (Lipinski definition) is 1. The highest BCUT2D eigenvalue weighted by Crippen LogP contribution is 2.14. The van der Waals surface area contributed by atoms with Crippen LogP contribution in [0.3, 0.4) is 0 Å². The summed E-state index contributed by atoms with van der Waals surface area (Å²) in [6.07, 6.45) is 4.72. The zero-order valence-corrected chi connectivity index (χ0v) is 9.06. The van der Waals surface area contributed by atoms with Gasteiger partial charge in [-0.2, -0.15) is 5.10 Å². The Balaban J connectivity index is 2.95. The minimum Gasteiger partial charge on any atom is -0.478 e. The van der Waals surface area contributed by atoms with Crippen molar-refractivity contribution in [1.29, 1.82) is 0 Å². The second kappa shape index (κ2) is 4.59. The van der Waals surface area contributed by atoms with E-state index >= 15 is 0 Å². The molecule has 0 amide bonds. The van der Waals surface area contributed by atoms with Crippen molar-refractivity contribution in [2.45, 2.75) is 13.8 Å². The molecule has 0 aromatic carbocycles. The summed E-state index contributed by atoms with van der Waals surface area (Å²) in [7, 11) is 1.85. The molecule has 1 heterocycles. The number of aromatic nitrogens is 2. The molecule has 0 aliphatic carbocycles. The Morgan fingerprint density at radius 1 is 1.47 bits per heavy atom. The number of aryl methyl sites for hydroxylation is 1. The lowest BCUT2D eigenvalue weighted by Crippen LogP contribution is -1.96. The molecule has 0 saturated carbocycles. The van der Waals surface area contributed by atoms with Gasteiger partial charge in [0.25, 0.3) is 0 Å². The number of carbonyl (C=O) groups is 1. The fourth-order valence-corrected chi connectivity index (χ4v) is 1.41. The Morgan fingerprint density at radius 3 is 2.60 bits per heavy atom. The van der Waals surface area contributed by atoms with E-state index in [0.29, 0.717) is 5.57 Å². The molecule has 0 bridgehead atoms. The van der Waals surface area contributed by atoms with Crippen LogP contribution in [-0.4, -0.2) is 20.9 Å². The molecule has 4 nitrogen and oxygen atoms in total. The third-order valence-corrected chi connectivity index (χ3v) is 2.02. The van der Waals surface area contributed by atoms with Gasteiger partial charge in [-0.25, -0.2) is 4.79 Å². The zero-order chi connectivity index (χ0) is 11.4. The van der Waals surface area contributed by atoms with Crippen molar-refractivity contribution in [3.05, 3.63) is 35.7 Å². The van der Waals surface area contributed by atoms with Gasteiger partial charge < -0.3 is 5.11 Å². The molecule has 0 atom stereocenters. The number of carboxylic acid groups (broad SMARTS) is 1. The number of carboxylic acids is 1. The van der Waals surface area contributed by atoms with E-state index in [1.807, 2.05) is 26.1 Å². The molecule has 1 rings (SSSR count). The normalized spacial score (nSPS) is 13.0. The highest BCUT2D eigenvalue weighted by atomic mass is 16.4. The van der Waals surface area contributed by atoms with Crippen LogP contribution in [0.1, 0.15) is 19.5 Å². The maximum Gasteiger partial charge on any atom is 0.328 e. The van der Waals surface area contributed by atoms with Gasteiger partial charge >= 0.3 is 5.97 Å². The standard InChI is InChI=1S/C11H14N2O2/c1-8(7-11(14)15)6-9(2)10-4-5-12-13(10)3/h4-7H,1-3H3,(H,14,15)/b8-7-,9-6+. The third-order valence-electron chi connectivity index (χ3n) is 2.02. The smallest absolute Gasteiger partial charge is 0.328 e. The highest BCUT2D eigenvalue weighted by Gasteiger charge is 2.00. The van der Waals surface area contributed by atoms with Crippen molar-refractivity contribution in [3.8, 4) is 0 Å². The van der Waals surface area contributed by atoms with Gasteiger partial charge in [-0.15, -0.1) is 0 Å². The summed E-state index contributed by atoms with van der Waals surface area (Å²) in [6.45, 7) is 3.68. The highest BCUT2D eigenvalue weighted by molar-refractivity contribution is 5.82. The van der Waals surface area contributed by atoms with Gasteiger partial charge in [0.15, 0.2) is 0 Å². The van der Waals surface area contributed by atoms with Crippen LogP contribution in [-0.2, 0) is 11.8 Å². The van der Waals surface area contributed by atoms with Crippen LogP contribution in [0, 0.1) is 0 Å². The molecule has 4 heteroatoms. The summed E-state index contributed by atoms with van der Waals surface area (Å²) in [5.74, 6) is -0.929. The second-order valence-electron chi connectivity index (χ2n) is 3.39. The van der Waals surface area contributed by atoms with Crippen LogP contribution in [0.2, 0.25) is 0 Å². The Labute approximate surface area is 88.5 Å². The van der Waals surface area contributed by atoms with Gasteiger partial charge in [0.05, 0.1) is 5.69 Å². The summed E-state index contributed by atoms with van der Waals surface area (Å²) in [5.41, 5.74) is 2.68. The first-order chi connectivity index (χ1) is 7.00. The molecule has 1 aromatic heterocycles. The van der Waals surface area contributed by atoms with Crippen LogP contribution in [0.25, 0.3) is 5.57 Å². The predicted molar refractivity (Wildman–Crippen MR) is 58.3 cm³/mol. The average Bonchev–Trinajstić information content (AvgIpc) is 2.49. The van der Waals surface area contributed by atoms with Crippen LogP contribution in [0.5, 0.6) is 0 Å². The molecule has 0 radical (unpaired) electrons. The number of allylic oxidation sites excluding steroid dienone is 3. The van der Waals surface area contributed by atoms with E-state index < -0.39 is 5.97 Å². The molecule has 0 unspecified atom stereocenters. The first kappa shape index (κ1) is 11.2. The van der Waals surface area contributed by atoms with E-state index in [-0.39, 0.29) is 0 Å². The topological polar surface area (TPSA) is 55.1 Å². The minimum absolute atomic E-state index is 0.709. The third kappa shape index (κ3) is 3.09. The molecule has 1 N–H and O–H groups in total. The summed E-state index contributed by atoms with van der Waals surface area (Å²) in [4.78, 5) is 10.4. The molecule has 1 aromatic rings. The second-order valence-corrected chi connectivity index (χ2v) is 3.39. The lowest BCUT2D eigenvalue weighted by molar-refractivity contribution is -0.131. The molecule has 0 saturated heterocycles. The van der Waals surface area contributed by atoms with Crippen LogP contribution in [0.4, 0.5) is 0 Å². The Bertz CT molecular complexity index is 428. The van der Waals surface area contributed by atoms with Crippen LogP contribution in [0.15, 0.2) is 30.0 Å². The van der Waals surface area contributed by atoms with Gasteiger partial charge in [-0.1, -0.05) is 6.08 Å². The summed E-state index contributed by atoms with van der Waals surface area (Å²) >= 11 is 0. The lowest BCUT2D eigenvalue weighted by Gasteiger charge is -2.01. The molecular weight excluding hydrogens is 192 g/mol. The van der Waals surface area contributed by atoms with E-state index in [2.05, 4.69) is 5.10 Å². The van der Waals surface area contributed by atoms with Crippen molar-refractivity contribution >= 4 is 11.5 Å². The zero-order valence-electron chi connectivity index (χ0n) is 9.06. The Morgan fingerprint density at radius 2 is 2.13 bits per heavy atom. The van der Waals surface area contributed by atoms with Crippen molar-refractivity contribution < 1.29 is 9.90 Å². The monoisotopic (exact) mass is 206 g/mol. The van der Waals surface area contributed by atoms with Crippen molar-refractivity contribution in [3.63, 3.8) is 0 Å². The summed E-state index contributed by atoms with van der Waals surface area (Å²) in [5, 5.41) is 12.6. The average molecular weight is 206 g/mol. The molecule has 0 spiro atoms. The maximum absolute atomic E-state index is 10.4. The predicted octanol–water partition coefficient (Wildman–Crippen LogP) is 1.85. The van der Waals surface area contributed by atoms with Crippen molar-refractivity contribution in [2.75, 3.05) is 0 Å². The number of nitrogens with zero attached hydrogens (tertiary/aromatic N) is 2. The largest absolute Gasteiger partial charge is 0.478 e. The number of hydrogen-bond acceptors (Lipinski definition) is 2. The van der Waals surface area contributed by atoms with Crippen molar-refractivity contribution in [1.82, 2.24) is 9.78 Å². The first-order valence-electron chi connectivity index (χ1n) is 4.58. The SMILES string of the molecule is CC(=C/C(=O)O)/C=C(\C)c1ccnn1C.